The van der Waals surface area contributed by atoms with Crippen molar-refractivity contribution < 1.29 is 12.8 Å². The minimum atomic E-state index is -3.81. The average Bonchev–Trinajstić information content (AvgIpc) is 2.61. The third-order valence-electron chi connectivity index (χ3n) is 4.24. The number of nitrogens with zero attached hydrogens (tertiary/aromatic N) is 3. The summed E-state index contributed by atoms with van der Waals surface area (Å²) in [6, 6.07) is 13.1. The Kier molecular flexibility index (Phi) is 4.61. The molecule has 1 aliphatic heterocycles. The van der Waals surface area contributed by atoms with Crippen LogP contribution in [0.25, 0.3) is 0 Å². The summed E-state index contributed by atoms with van der Waals surface area (Å²) < 4.78 is 37.3. The summed E-state index contributed by atoms with van der Waals surface area (Å²) >= 11 is 0. The first-order chi connectivity index (χ1) is 11.9. The summed E-state index contributed by atoms with van der Waals surface area (Å²) in [5.41, 5.74) is 1.15. The lowest BCUT2D eigenvalue weighted by molar-refractivity contribution is 0.595. The van der Waals surface area contributed by atoms with Crippen molar-refractivity contribution in [3.8, 4) is 6.07 Å². The van der Waals surface area contributed by atoms with E-state index in [2.05, 4.69) is 0 Å². The molecule has 0 aliphatic carbocycles. The number of primary sulfonamides is 1. The fourth-order valence-electron chi connectivity index (χ4n) is 3.03. The average molecular weight is 360 g/mol. The fourth-order valence-corrected chi connectivity index (χ4v) is 3.79. The van der Waals surface area contributed by atoms with Crippen molar-refractivity contribution in [2.75, 3.05) is 36.0 Å². The van der Waals surface area contributed by atoms with Gasteiger partial charge in [0.2, 0.25) is 10.0 Å². The molecule has 0 amide bonds. The SMILES string of the molecule is N#Cc1c(F)cccc1N1CCN(c2ccccc2S(N)(=O)=O)CC1. The van der Waals surface area contributed by atoms with E-state index in [0.717, 1.165) is 0 Å². The molecule has 6 nitrogen and oxygen atoms in total. The van der Waals surface area contributed by atoms with Crippen molar-refractivity contribution in [2.24, 2.45) is 5.14 Å². The van der Waals surface area contributed by atoms with Crippen LogP contribution in [0.5, 0.6) is 0 Å². The quantitative estimate of drug-likeness (QED) is 0.899. The van der Waals surface area contributed by atoms with Gasteiger partial charge in [-0.3, -0.25) is 0 Å². The van der Waals surface area contributed by atoms with Gasteiger partial charge in [0.05, 0.1) is 11.4 Å². The summed E-state index contributed by atoms with van der Waals surface area (Å²) in [6.45, 7) is 2.15. The molecule has 1 heterocycles. The molecule has 2 aromatic carbocycles. The van der Waals surface area contributed by atoms with Gasteiger partial charge in [0, 0.05) is 26.2 Å². The molecule has 0 atom stereocenters. The van der Waals surface area contributed by atoms with Crippen molar-refractivity contribution in [3.05, 3.63) is 53.8 Å². The zero-order chi connectivity index (χ0) is 18.0. The van der Waals surface area contributed by atoms with E-state index < -0.39 is 15.8 Å². The molecule has 0 saturated carbocycles. The zero-order valence-corrected chi connectivity index (χ0v) is 14.2. The van der Waals surface area contributed by atoms with E-state index >= 15 is 0 Å². The highest BCUT2D eigenvalue weighted by Gasteiger charge is 2.24. The smallest absolute Gasteiger partial charge is 0.240 e. The maximum Gasteiger partial charge on any atom is 0.240 e. The first kappa shape index (κ1) is 17.2. The Hall–Kier alpha value is -2.63. The Morgan fingerprint density at radius 3 is 2.12 bits per heavy atom. The molecule has 0 radical (unpaired) electrons. The van der Waals surface area contributed by atoms with Crippen LogP contribution in [0.1, 0.15) is 5.56 Å². The molecule has 1 fully saturated rings. The van der Waals surface area contributed by atoms with Gasteiger partial charge in [0.1, 0.15) is 22.3 Å². The predicted molar refractivity (Wildman–Crippen MR) is 93.4 cm³/mol. The molecule has 1 saturated heterocycles. The lowest BCUT2D eigenvalue weighted by Gasteiger charge is -2.38. The normalized spacial score (nSPS) is 15.1. The Morgan fingerprint density at radius 1 is 0.960 bits per heavy atom. The highest BCUT2D eigenvalue weighted by atomic mass is 32.2. The van der Waals surface area contributed by atoms with Gasteiger partial charge in [-0.1, -0.05) is 18.2 Å². The van der Waals surface area contributed by atoms with Crippen LogP contribution < -0.4 is 14.9 Å². The number of nitriles is 1. The number of sulfonamides is 1. The minimum Gasteiger partial charge on any atom is -0.367 e. The van der Waals surface area contributed by atoms with Gasteiger partial charge in [-0.15, -0.1) is 0 Å². The van der Waals surface area contributed by atoms with Crippen LogP contribution in [-0.2, 0) is 10.0 Å². The molecule has 0 aromatic heterocycles. The number of hydrogen-bond donors (Lipinski definition) is 1. The zero-order valence-electron chi connectivity index (χ0n) is 13.4. The molecular weight excluding hydrogens is 343 g/mol. The van der Waals surface area contributed by atoms with E-state index in [1.165, 1.54) is 12.1 Å². The maximum absolute atomic E-state index is 13.8. The Morgan fingerprint density at radius 2 is 1.52 bits per heavy atom. The van der Waals surface area contributed by atoms with E-state index in [1.807, 2.05) is 15.9 Å². The van der Waals surface area contributed by atoms with Gasteiger partial charge in [-0.25, -0.2) is 17.9 Å². The number of rotatable bonds is 3. The Balaban J connectivity index is 1.83. The lowest BCUT2D eigenvalue weighted by atomic mass is 10.1. The van der Waals surface area contributed by atoms with Crippen molar-refractivity contribution in [2.45, 2.75) is 4.90 Å². The van der Waals surface area contributed by atoms with Crippen LogP contribution in [0.2, 0.25) is 0 Å². The Bertz CT molecular complexity index is 932. The van der Waals surface area contributed by atoms with Crippen LogP contribution in [0, 0.1) is 17.1 Å². The predicted octanol–water partition coefficient (Wildman–Crippen LogP) is 1.67. The summed E-state index contributed by atoms with van der Waals surface area (Å²) in [6.07, 6.45) is 0. The first-order valence-corrected chi connectivity index (χ1v) is 9.27. The third kappa shape index (κ3) is 3.43. The number of para-hydroxylation sites is 1. The number of benzene rings is 2. The van der Waals surface area contributed by atoms with Gasteiger partial charge < -0.3 is 9.80 Å². The molecule has 2 N–H and O–H groups in total. The number of halogens is 1. The maximum atomic E-state index is 13.8. The van der Waals surface area contributed by atoms with Crippen molar-refractivity contribution in [1.29, 1.82) is 5.26 Å². The Labute approximate surface area is 145 Å². The second kappa shape index (κ2) is 6.70. The van der Waals surface area contributed by atoms with Crippen molar-refractivity contribution >= 4 is 21.4 Å². The molecule has 1 aliphatic rings. The summed E-state index contributed by atoms with van der Waals surface area (Å²) in [4.78, 5) is 3.95. The van der Waals surface area contributed by atoms with Crippen LogP contribution in [0.4, 0.5) is 15.8 Å². The molecule has 0 unspecified atom stereocenters. The van der Waals surface area contributed by atoms with Gasteiger partial charge >= 0.3 is 0 Å². The van der Waals surface area contributed by atoms with Crippen molar-refractivity contribution in [1.82, 2.24) is 0 Å². The van der Waals surface area contributed by atoms with Crippen LogP contribution in [0.15, 0.2) is 47.4 Å². The minimum absolute atomic E-state index is 0.0286. The molecular formula is C17H17FN4O2S. The second-order valence-electron chi connectivity index (χ2n) is 5.73. The summed E-state index contributed by atoms with van der Waals surface area (Å²) in [5, 5.41) is 14.5. The first-order valence-electron chi connectivity index (χ1n) is 7.72. The third-order valence-corrected chi connectivity index (χ3v) is 5.19. The van der Waals surface area contributed by atoms with Crippen LogP contribution in [-0.4, -0.2) is 34.6 Å². The molecule has 3 rings (SSSR count). The standard InChI is InChI=1S/C17H17FN4O2S/c18-14-4-3-6-15(13(14)12-19)21-8-10-22(11-9-21)16-5-1-2-7-17(16)25(20,23)24/h1-7H,8-11H2,(H2,20,23,24). The topological polar surface area (TPSA) is 90.4 Å². The summed E-state index contributed by atoms with van der Waals surface area (Å²) in [5.74, 6) is -0.540. The molecule has 0 spiro atoms. The van der Waals surface area contributed by atoms with E-state index in [0.29, 0.717) is 37.6 Å². The lowest BCUT2D eigenvalue weighted by Crippen LogP contribution is -2.47. The monoisotopic (exact) mass is 360 g/mol. The van der Waals surface area contributed by atoms with Gasteiger partial charge in [0.15, 0.2) is 0 Å². The van der Waals surface area contributed by atoms with Crippen molar-refractivity contribution in [3.63, 3.8) is 0 Å². The van der Waals surface area contributed by atoms with E-state index in [1.54, 1.807) is 30.3 Å². The van der Waals surface area contributed by atoms with Crippen LogP contribution >= 0.6 is 0 Å². The van der Waals surface area contributed by atoms with Gasteiger partial charge in [-0.05, 0) is 24.3 Å². The molecule has 8 heteroatoms. The summed E-state index contributed by atoms with van der Waals surface area (Å²) in [7, 11) is -3.81. The number of hydrogen-bond acceptors (Lipinski definition) is 5. The number of piperazine rings is 1. The van der Waals surface area contributed by atoms with Gasteiger partial charge in [-0.2, -0.15) is 5.26 Å². The van der Waals surface area contributed by atoms with E-state index in [-0.39, 0.29) is 10.5 Å². The molecule has 130 valence electrons. The molecule has 25 heavy (non-hydrogen) atoms. The molecule has 0 bridgehead atoms. The van der Waals surface area contributed by atoms with Gasteiger partial charge in [0.25, 0.3) is 0 Å². The molecule has 2 aromatic rings. The van der Waals surface area contributed by atoms with E-state index in [4.69, 9.17) is 5.14 Å². The van der Waals surface area contributed by atoms with E-state index in [9.17, 15) is 18.1 Å². The largest absolute Gasteiger partial charge is 0.367 e. The highest BCUT2D eigenvalue weighted by Crippen LogP contribution is 2.28. The number of anilines is 2. The fraction of sp³-hybridized carbons (Fsp3) is 0.235. The van der Waals surface area contributed by atoms with Crippen LogP contribution in [0.3, 0.4) is 0 Å². The number of nitrogens with two attached hydrogens (primary N) is 1. The second-order valence-corrected chi connectivity index (χ2v) is 7.26. The highest BCUT2D eigenvalue weighted by molar-refractivity contribution is 7.89.